The van der Waals surface area contributed by atoms with Crippen molar-refractivity contribution < 1.29 is 23.2 Å². The van der Waals surface area contributed by atoms with E-state index >= 15 is 0 Å². The molecule has 1 heterocycles. The van der Waals surface area contributed by atoms with Crippen LogP contribution in [-0.2, 0) is 21.4 Å². The SMILES string of the molecule is CN(CC(=O)N(O)CCn1c(=O)cc(Cl)[nH]c1=O)S(=O)(=O)c1ccc(Oc2ccccc2)cc1. The Hall–Kier alpha value is -3.45. The number of para-hydroxylation sites is 1. The number of sulfonamides is 1. The summed E-state index contributed by atoms with van der Waals surface area (Å²) in [5.41, 5.74) is -1.52. The molecule has 1 aromatic heterocycles. The van der Waals surface area contributed by atoms with Gasteiger partial charge in [0.2, 0.25) is 10.0 Å². The van der Waals surface area contributed by atoms with Crippen LogP contribution in [0.1, 0.15) is 0 Å². The zero-order valence-electron chi connectivity index (χ0n) is 17.9. The molecule has 0 fully saturated rings. The Morgan fingerprint density at radius 3 is 2.32 bits per heavy atom. The van der Waals surface area contributed by atoms with Crippen molar-refractivity contribution in [1.82, 2.24) is 18.9 Å². The molecule has 2 aromatic carbocycles. The standard InChI is InChI=1S/C21H21ClN4O7S/c1-24(14-20(28)26(30)12-11-25-19(27)13-18(22)23-21(25)29)34(31,32)17-9-7-16(8-10-17)33-15-5-3-2-4-6-15/h2-10,13,30H,11-12,14H2,1H3,(H,23,29). The average Bonchev–Trinajstić information content (AvgIpc) is 2.79. The van der Waals surface area contributed by atoms with Crippen LogP contribution in [0.5, 0.6) is 11.5 Å². The van der Waals surface area contributed by atoms with Crippen molar-refractivity contribution in [3.8, 4) is 11.5 Å². The van der Waals surface area contributed by atoms with Gasteiger partial charge in [0.15, 0.2) is 0 Å². The molecule has 13 heteroatoms. The number of halogens is 1. The molecule has 11 nitrogen and oxygen atoms in total. The topological polar surface area (TPSA) is 142 Å². The zero-order chi connectivity index (χ0) is 24.9. The number of benzene rings is 2. The fourth-order valence-electron chi connectivity index (χ4n) is 2.86. The lowest BCUT2D eigenvalue weighted by Gasteiger charge is -2.20. The highest BCUT2D eigenvalue weighted by molar-refractivity contribution is 7.89. The van der Waals surface area contributed by atoms with Crippen molar-refractivity contribution >= 4 is 27.5 Å². The van der Waals surface area contributed by atoms with Crippen molar-refractivity contribution in [3.05, 3.63) is 86.7 Å². The lowest BCUT2D eigenvalue weighted by molar-refractivity contribution is -0.165. The van der Waals surface area contributed by atoms with Gasteiger partial charge in [-0.05, 0) is 36.4 Å². The van der Waals surface area contributed by atoms with E-state index in [4.69, 9.17) is 16.3 Å². The number of nitrogens with zero attached hydrogens (tertiary/aromatic N) is 3. The molecule has 0 aliphatic rings. The summed E-state index contributed by atoms with van der Waals surface area (Å²) in [6.45, 7) is -1.43. The minimum Gasteiger partial charge on any atom is -0.457 e. The maximum atomic E-state index is 12.8. The number of carbonyl (C=O) groups excluding carboxylic acids is 1. The second kappa shape index (κ2) is 10.7. The maximum Gasteiger partial charge on any atom is 0.329 e. The van der Waals surface area contributed by atoms with Crippen LogP contribution in [0, 0.1) is 0 Å². The summed E-state index contributed by atoms with van der Waals surface area (Å²) >= 11 is 5.58. The van der Waals surface area contributed by atoms with E-state index in [-0.39, 0.29) is 21.7 Å². The summed E-state index contributed by atoms with van der Waals surface area (Å²) in [5.74, 6) is 0.0677. The maximum absolute atomic E-state index is 12.8. The molecule has 0 aliphatic heterocycles. The number of hydrogen-bond donors (Lipinski definition) is 2. The molecular formula is C21H21ClN4O7S. The highest BCUT2D eigenvalue weighted by Gasteiger charge is 2.25. The summed E-state index contributed by atoms with van der Waals surface area (Å²) in [5, 5.41) is 10.1. The molecule has 0 saturated carbocycles. The number of rotatable bonds is 9. The highest BCUT2D eigenvalue weighted by atomic mass is 35.5. The molecule has 180 valence electrons. The van der Waals surface area contributed by atoms with Gasteiger partial charge in [0.05, 0.1) is 24.5 Å². The molecule has 2 N–H and O–H groups in total. The second-order valence-electron chi connectivity index (χ2n) is 7.08. The fraction of sp³-hybridized carbons (Fsp3) is 0.190. The average molecular weight is 509 g/mol. The quantitative estimate of drug-likeness (QED) is 0.253. The summed E-state index contributed by atoms with van der Waals surface area (Å²) in [6, 6.07) is 15.6. The van der Waals surface area contributed by atoms with E-state index in [1.165, 1.54) is 31.3 Å². The number of amides is 1. The summed E-state index contributed by atoms with van der Waals surface area (Å²) < 4.78 is 32.7. The van der Waals surface area contributed by atoms with Crippen LogP contribution in [0.2, 0.25) is 5.15 Å². The largest absolute Gasteiger partial charge is 0.457 e. The molecule has 3 aromatic rings. The number of hydrogen-bond acceptors (Lipinski definition) is 7. The predicted molar refractivity (Wildman–Crippen MR) is 123 cm³/mol. The first-order valence-corrected chi connectivity index (χ1v) is 11.7. The van der Waals surface area contributed by atoms with E-state index in [0.29, 0.717) is 11.5 Å². The molecule has 3 rings (SSSR count). The Labute approximate surface area is 199 Å². The third-order valence-corrected chi connectivity index (χ3v) is 6.70. The number of aromatic nitrogens is 2. The van der Waals surface area contributed by atoms with Crippen molar-refractivity contribution in [3.63, 3.8) is 0 Å². The first-order valence-electron chi connectivity index (χ1n) is 9.86. The Balaban J connectivity index is 1.61. The van der Waals surface area contributed by atoms with E-state index in [0.717, 1.165) is 14.9 Å². The van der Waals surface area contributed by atoms with Gasteiger partial charge in [-0.3, -0.25) is 24.3 Å². The van der Waals surface area contributed by atoms with Gasteiger partial charge in [-0.2, -0.15) is 4.31 Å². The van der Waals surface area contributed by atoms with E-state index in [1.807, 2.05) is 6.07 Å². The van der Waals surface area contributed by atoms with Gasteiger partial charge in [-0.25, -0.2) is 18.3 Å². The van der Waals surface area contributed by atoms with Crippen LogP contribution in [0.4, 0.5) is 0 Å². The number of carbonyl (C=O) groups is 1. The molecule has 0 radical (unpaired) electrons. The van der Waals surface area contributed by atoms with E-state index in [2.05, 4.69) is 4.98 Å². The van der Waals surface area contributed by atoms with Gasteiger partial charge in [-0.1, -0.05) is 29.8 Å². The van der Waals surface area contributed by atoms with Crippen molar-refractivity contribution in [2.75, 3.05) is 20.1 Å². The van der Waals surface area contributed by atoms with Gasteiger partial charge < -0.3 is 4.74 Å². The Morgan fingerprint density at radius 2 is 1.71 bits per heavy atom. The third-order valence-electron chi connectivity index (χ3n) is 4.68. The summed E-state index contributed by atoms with van der Waals surface area (Å²) in [6.07, 6.45) is 0. The van der Waals surface area contributed by atoms with E-state index < -0.39 is 40.3 Å². The molecular weight excluding hydrogens is 488 g/mol. The van der Waals surface area contributed by atoms with Gasteiger partial charge in [0, 0.05) is 13.1 Å². The minimum atomic E-state index is -4.05. The minimum absolute atomic E-state index is 0.0769. The first kappa shape index (κ1) is 25.2. The number of likely N-dealkylation sites (N-methyl/N-ethyl adjacent to an activating group) is 1. The molecule has 0 unspecified atom stereocenters. The van der Waals surface area contributed by atoms with Crippen LogP contribution in [0.3, 0.4) is 0 Å². The van der Waals surface area contributed by atoms with E-state index in [1.54, 1.807) is 24.3 Å². The fourth-order valence-corrected chi connectivity index (χ4v) is 4.16. The van der Waals surface area contributed by atoms with Crippen LogP contribution >= 0.6 is 11.6 Å². The molecule has 1 amide bonds. The highest BCUT2D eigenvalue weighted by Crippen LogP contribution is 2.23. The third kappa shape index (κ3) is 6.11. The van der Waals surface area contributed by atoms with Gasteiger partial charge >= 0.3 is 5.69 Å². The van der Waals surface area contributed by atoms with Crippen LogP contribution in [-0.4, -0.2) is 58.6 Å². The molecule has 0 atom stereocenters. The summed E-state index contributed by atoms with van der Waals surface area (Å²) in [7, 11) is -2.86. The Kier molecular flexibility index (Phi) is 7.89. The Bertz CT molecular complexity index is 1340. The molecule has 0 aliphatic carbocycles. The van der Waals surface area contributed by atoms with Crippen LogP contribution < -0.4 is 16.0 Å². The monoisotopic (exact) mass is 508 g/mol. The number of H-pyrrole nitrogens is 1. The second-order valence-corrected chi connectivity index (χ2v) is 9.53. The number of hydroxylamine groups is 2. The molecule has 34 heavy (non-hydrogen) atoms. The zero-order valence-corrected chi connectivity index (χ0v) is 19.5. The smallest absolute Gasteiger partial charge is 0.329 e. The molecule has 0 spiro atoms. The van der Waals surface area contributed by atoms with Gasteiger partial charge in [0.25, 0.3) is 11.5 Å². The molecule has 0 saturated heterocycles. The van der Waals surface area contributed by atoms with Crippen molar-refractivity contribution in [1.29, 1.82) is 0 Å². The number of nitrogens with one attached hydrogen (secondary N) is 1. The van der Waals surface area contributed by atoms with Gasteiger partial charge in [-0.15, -0.1) is 0 Å². The first-order chi connectivity index (χ1) is 16.1. The molecule has 0 bridgehead atoms. The predicted octanol–water partition coefficient (Wildman–Crippen LogP) is 1.52. The van der Waals surface area contributed by atoms with Crippen molar-refractivity contribution in [2.45, 2.75) is 11.4 Å². The number of aromatic amines is 1. The van der Waals surface area contributed by atoms with Gasteiger partial charge in [0.1, 0.15) is 16.7 Å². The Morgan fingerprint density at radius 1 is 1.09 bits per heavy atom. The lowest BCUT2D eigenvalue weighted by atomic mass is 10.3. The van der Waals surface area contributed by atoms with Crippen LogP contribution in [0.25, 0.3) is 0 Å². The van der Waals surface area contributed by atoms with E-state index in [9.17, 15) is 28.0 Å². The normalized spacial score (nSPS) is 11.4. The van der Waals surface area contributed by atoms with Crippen molar-refractivity contribution in [2.24, 2.45) is 0 Å². The summed E-state index contributed by atoms with van der Waals surface area (Å²) in [4.78, 5) is 38.0. The lowest BCUT2D eigenvalue weighted by Crippen LogP contribution is -2.43. The van der Waals surface area contributed by atoms with Crippen LogP contribution in [0.15, 0.2) is 75.1 Å². The number of ether oxygens (including phenoxy) is 1.